The predicted molar refractivity (Wildman–Crippen MR) is 84.5 cm³/mol. The van der Waals surface area contributed by atoms with Crippen LogP contribution in [0.5, 0.6) is 0 Å². The maximum atomic E-state index is 10.7. The molecule has 0 spiro atoms. The van der Waals surface area contributed by atoms with Crippen LogP contribution in [0.2, 0.25) is 0 Å². The van der Waals surface area contributed by atoms with Crippen LogP contribution in [0.15, 0.2) is 24.3 Å². The summed E-state index contributed by atoms with van der Waals surface area (Å²) in [5.41, 5.74) is 2.56. The summed E-state index contributed by atoms with van der Waals surface area (Å²) in [6, 6.07) is 9.31. The molecule has 0 aromatic heterocycles. The van der Waals surface area contributed by atoms with E-state index in [1.807, 2.05) is 0 Å². The predicted octanol–water partition coefficient (Wildman–Crippen LogP) is 2.91. The summed E-state index contributed by atoms with van der Waals surface area (Å²) in [4.78, 5) is 15.6. The Morgan fingerprint density at radius 2 is 1.85 bits per heavy atom. The highest BCUT2D eigenvalue weighted by Gasteiger charge is 2.19. The maximum Gasteiger partial charge on any atom is 0.120 e. The Morgan fingerprint density at radius 1 is 1.15 bits per heavy atom. The molecular weight excluding hydrogens is 248 g/mol. The van der Waals surface area contributed by atoms with Gasteiger partial charge in [-0.25, -0.2) is 0 Å². The van der Waals surface area contributed by atoms with Crippen LogP contribution in [0, 0.1) is 0 Å². The molecule has 20 heavy (non-hydrogen) atoms. The Labute approximate surface area is 122 Å². The van der Waals surface area contributed by atoms with Gasteiger partial charge in [-0.15, -0.1) is 0 Å². The monoisotopic (exact) mass is 274 g/mol. The number of carbonyl (C=O) groups excluding carboxylic acids is 1. The van der Waals surface area contributed by atoms with E-state index in [-0.39, 0.29) is 0 Å². The third-order valence-electron chi connectivity index (χ3n) is 4.30. The van der Waals surface area contributed by atoms with E-state index in [1.54, 1.807) is 0 Å². The molecule has 1 aromatic rings. The van der Waals surface area contributed by atoms with E-state index in [4.69, 9.17) is 0 Å². The number of benzene rings is 1. The lowest BCUT2D eigenvalue weighted by Gasteiger charge is -2.38. The number of hydrogen-bond donors (Lipinski definition) is 0. The molecule has 1 fully saturated rings. The van der Waals surface area contributed by atoms with Gasteiger partial charge in [0.05, 0.1) is 0 Å². The number of carbonyl (C=O) groups is 1. The first-order valence-corrected chi connectivity index (χ1v) is 7.64. The van der Waals surface area contributed by atoms with Crippen molar-refractivity contribution in [3.05, 3.63) is 29.8 Å². The molecule has 1 aliphatic heterocycles. The zero-order valence-corrected chi connectivity index (χ0v) is 12.9. The molecule has 0 saturated carbocycles. The van der Waals surface area contributed by atoms with Crippen LogP contribution in [0.3, 0.4) is 0 Å². The van der Waals surface area contributed by atoms with Crippen molar-refractivity contribution in [2.75, 3.05) is 31.1 Å². The summed E-state index contributed by atoms with van der Waals surface area (Å²) in [6.07, 6.45) is 1.61. The molecule has 3 heteroatoms. The molecule has 0 bridgehead atoms. The van der Waals surface area contributed by atoms with Gasteiger partial charge in [0.15, 0.2) is 0 Å². The number of hydrogen-bond acceptors (Lipinski definition) is 3. The minimum absolute atomic E-state index is 0.310. The topological polar surface area (TPSA) is 23.6 Å². The van der Waals surface area contributed by atoms with Crippen LogP contribution in [0.4, 0.5) is 5.69 Å². The Kier molecular flexibility index (Phi) is 5.18. The second kappa shape index (κ2) is 6.89. The molecule has 0 amide bonds. The lowest BCUT2D eigenvalue weighted by Crippen LogP contribution is -2.48. The first-order valence-electron chi connectivity index (χ1n) is 7.64. The fourth-order valence-electron chi connectivity index (χ4n) is 2.80. The Bertz CT molecular complexity index is 436. The summed E-state index contributed by atoms with van der Waals surface area (Å²) in [7, 11) is 0. The summed E-state index contributed by atoms with van der Waals surface area (Å²) in [5, 5.41) is 0. The van der Waals surface area contributed by atoms with E-state index >= 15 is 0 Å². The van der Waals surface area contributed by atoms with Gasteiger partial charge in [0.2, 0.25) is 0 Å². The van der Waals surface area contributed by atoms with Gasteiger partial charge < -0.3 is 9.69 Å². The van der Waals surface area contributed by atoms with Gasteiger partial charge >= 0.3 is 0 Å². The average molecular weight is 274 g/mol. The average Bonchev–Trinajstić information content (AvgIpc) is 2.48. The fraction of sp³-hybridized carbons (Fsp3) is 0.588. The third kappa shape index (κ3) is 3.60. The molecule has 110 valence electrons. The molecule has 0 N–H and O–H groups in total. The molecule has 1 atom stereocenters. The van der Waals surface area contributed by atoms with Crippen molar-refractivity contribution in [2.45, 2.75) is 39.2 Å². The number of piperazine rings is 1. The van der Waals surface area contributed by atoms with Gasteiger partial charge in [-0.1, -0.05) is 19.1 Å². The first kappa shape index (κ1) is 15.0. The normalized spacial score (nSPS) is 18.3. The van der Waals surface area contributed by atoms with Crippen molar-refractivity contribution < 1.29 is 4.79 Å². The second-order valence-corrected chi connectivity index (χ2v) is 6.02. The zero-order chi connectivity index (χ0) is 14.5. The van der Waals surface area contributed by atoms with Gasteiger partial charge in [-0.2, -0.15) is 0 Å². The van der Waals surface area contributed by atoms with Crippen molar-refractivity contribution in [3.8, 4) is 0 Å². The minimum atomic E-state index is 0.310. The third-order valence-corrected chi connectivity index (χ3v) is 4.30. The van der Waals surface area contributed by atoms with E-state index in [0.717, 1.165) is 32.5 Å². The maximum absolute atomic E-state index is 10.7. The van der Waals surface area contributed by atoms with E-state index in [2.05, 4.69) is 54.8 Å². The Balaban J connectivity index is 2.03. The van der Waals surface area contributed by atoms with E-state index < -0.39 is 0 Å². The van der Waals surface area contributed by atoms with E-state index in [1.165, 1.54) is 11.3 Å². The minimum Gasteiger partial charge on any atom is -0.369 e. The van der Waals surface area contributed by atoms with Gasteiger partial charge in [0, 0.05) is 44.3 Å². The van der Waals surface area contributed by atoms with Crippen molar-refractivity contribution in [1.82, 2.24) is 4.90 Å². The highest BCUT2D eigenvalue weighted by Crippen LogP contribution is 2.24. The van der Waals surface area contributed by atoms with Crippen molar-refractivity contribution in [1.29, 1.82) is 0 Å². The van der Waals surface area contributed by atoms with Crippen LogP contribution in [-0.2, 0) is 4.79 Å². The van der Waals surface area contributed by atoms with Crippen LogP contribution < -0.4 is 4.90 Å². The van der Waals surface area contributed by atoms with Crippen LogP contribution in [-0.4, -0.2) is 43.4 Å². The highest BCUT2D eigenvalue weighted by molar-refractivity contribution is 5.54. The van der Waals surface area contributed by atoms with E-state index in [9.17, 15) is 4.79 Å². The van der Waals surface area contributed by atoms with Crippen LogP contribution in [0.1, 0.15) is 38.7 Å². The van der Waals surface area contributed by atoms with Crippen LogP contribution >= 0.6 is 0 Å². The molecular formula is C17H26N2O. The SMILES string of the molecule is CC(CC=O)c1cccc(N2CCN(C(C)C)CC2)c1. The zero-order valence-electron chi connectivity index (χ0n) is 12.9. The summed E-state index contributed by atoms with van der Waals surface area (Å²) >= 11 is 0. The molecule has 1 heterocycles. The van der Waals surface area contributed by atoms with Gasteiger partial charge in [0.25, 0.3) is 0 Å². The van der Waals surface area contributed by atoms with Crippen molar-refractivity contribution >= 4 is 12.0 Å². The molecule has 1 saturated heterocycles. The molecule has 0 aliphatic carbocycles. The molecule has 2 rings (SSSR count). The summed E-state index contributed by atoms with van der Waals surface area (Å²) in [5.74, 6) is 0.310. The number of aldehydes is 1. The second-order valence-electron chi connectivity index (χ2n) is 6.02. The Hall–Kier alpha value is -1.35. The number of nitrogens with zero attached hydrogens (tertiary/aromatic N) is 2. The molecule has 3 nitrogen and oxygen atoms in total. The van der Waals surface area contributed by atoms with Gasteiger partial charge in [-0.3, -0.25) is 4.90 Å². The van der Waals surface area contributed by atoms with E-state index in [0.29, 0.717) is 18.4 Å². The quantitative estimate of drug-likeness (QED) is 0.771. The summed E-state index contributed by atoms with van der Waals surface area (Å²) < 4.78 is 0. The first-order chi connectivity index (χ1) is 9.61. The summed E-state index contributed by atoms with van der Waals surface area (Å²) in [6.45, 7) is 11.1. The lowest BCUT2D eigenvalue weighted by molar-refractivity contribution is -0.108. The smallest absolute Gasteiger partial charge is 0.120 e. The van der Waals surface area contributed by atoms with Crippen molar-refractivity contribution in [3.63, 3.8) is 0 Å². The largest absolute Gasteiger partial charge is 0.369 e. The molecule has 1 aliphatic rings. The lowest BCUT2D eigenvalue weighted by atomic mass is 9.98. The Morgan fingerprint density at radius 3 is 2.45 bits per heavy atom. The standard InChI is InChI=1S/C17H26N2O/c1-14(2)18-8-10-19(11-9-18)17-6-4-5-16(13-17)15(3)7-12-20/h4-6,12-15H,7-11H2,1-3H3. The molecule has 0 radical (unpaired) electrons. The number of rotatable bonds is 5. The molecule has 1 unspecified atom stereocenters. The van der Waals surface area contributed by atoms with Gasteiger partial charge in [0.1, 0.15) is 6.29 Å². The van der Waals surface area contributed by atoms with Crippen molar-refractivity contribution in [2.24, 2.45) is 0 Å². The van der Waals surface area contributed by atoms with Gasteiger partial charge in [-0.05, 0) is 37.5 Å². The van der Waals surface area contributed by atoms with Crippen LogP contribution in [0.25, 0.3) is 0 Å². The molecule has 1 aromatic carbocycles. The highest BCUT2D eigenvalue weighted by atomic mass is 16.1. The number of anilines is 1. The fourth-order valence-corrected chi connectivity index (χ4v) is 2.80.